The highest BCUT2D eigenvalue weighted by Crippen LogP contribution is 2.14. The van der Waals surface area contributed by atoms with Gasteiger partial charge in [0.15, 0.2) is 5.65 Å². The fraction of sp³-hybridized carbons (Fsp3) is 0.214. The lowest BCUT2D eigenvalue weighted by molar-refractivity contribution is 0.397. The second-order valence-corrected chi connectivity index (χ2v) is 4.51. The second-order valence-electron chi connectivity index (χ2n) is 4.51. The van der Waals surface area contributed by atoms with Gasteiger partial charge in [-0.3, -0.25) is 0 Å². The normalized spacial score (nSPS) is 10.7. The van der Waals surface area contributed by atoms with Crippen molar-refractivity contribution in [1.82, 2.24) is 19.6 Å². The first-order valence-corrected chi connectivity index (χ1v) is 6.29. The van der Waals surface area contributed by atoms with E-state index in [9.17, 15) is 0 Å². The van der Waals surface area contributed by atoms with Crippen molar-refractivity contribution in [3.63, 3.8) is 0 Å². The van der Waals surface area contributed by atoms with Gasteiger partial charge < -0.3 is 10.1 Å². The highest BCUT2D eigenvalue weighted by Gasteiger charge is 2.04. The molecule has 0 aliphatic rings. The fourth-order valence-electron chi connectivity index (χ4n) is 2.01. The summed E-state index contributed by atoms with van der Waals surface area (Å²) in [5.74, 6) is 1.52. The largest absolute Gasteiger partial charge is 0.481 e. The van der Waals surface area contributed by atoms with Crippen LogP contribution in [0.1, 0.15) is 11.1 Å². The van der Waals surface area contributed by atoms with Crippen LogP contribution < -0.4 is 10.1 Å². The van der Waals surface area contributed by atoms with E-state index in [4.69, 9.17) is 4.74 Å². The zero-order valence-electron chi connectivity index (χ0n) is 11.4. The maximum Gasteiger partial charge on any atom is 0.212 e. The minimum atomic E-state index is 0.614. The van der Waals surface area contributed by atoms with Gasteiger partial charge in [-0.2, -0.15) is 9.61 Å². The number of ether oxygens (including phenoxy) is 1. The zero-order valence-corrected chi connectivity index (χ0v) is 11.4. The number of fused-ring (bicyclic) bond motifs is 1. The van der Waals surface area contributed by atoms with Crippen molar-refractivity contribution in [2.24, 2.45) is 0 Å². The van der Waals surface area contributed by atoms with Crippen molar-refractivity contribution < 1.29 is 4.74 Å². The van der Waals surface area contributed by atoms with Gasteiger partial charge in [0, 0.05) is 18.8 Å². The number of pyridine rings is 2. The van der Waals surface area contributed by atoms with E-state index in [2.05, 4.69) is 20.4 Å². The van der Waals surface area contributed by atoms with Gasteiger partial charge >= 0.3 is 0 Å². The molecule has 0 aliphatic heterocycles. The molecule has 102 valence electrons. The number of hydrogen-bond donors (Lipinski definition) is 1. The predicted octanol–water partition coefficient (Wildman–Crippen LogP) is 2.05. The number of nitrogens with one attached hydrogen (secondary N) is 1. The minimum Gasteiger partial charge on any atom is -0.481 e. The molecule has 1 N–H and O–H groups in total. The van der Waals surface area contributed by atoms with E-state index in [0.29, 0.717) is 12.4 Å². The van der Waals surface area contributed by atoms with E-state index in [0.717, 1.165) is 22.6 Å². The number of nitrogens with zero attached hydrogens (tertiary/aromatic N) is 4. The first-order valence-electron chi connectivity index (χ1n) is 6.29. The number of rotatable bonds is 4. The molecule has 0 spiro atoms. The number of hydrogen-bond acceptors (Lipinski definition) is 5. The van der Waals surface area contributed by atoms with Crippen molar-refractivity contribution in [3.05, 3.63) is 47.9 Å². The van der Waals surface area contributed by atoms with E-state index in [1.54, 1.807) is 24.1 Å². The molecule has 0 bridgehead atoms. The summed E-state index contributed by atoms with van der Waals surface area (Å²) in [4.78, 5) is 8.38. The molecule has 0 amide bonds. The summed E-state index contributed by atoms with van der Waals surface area (Å²) in [6.07, 6.45) is 3.34. The van der Waals surface area contributed by atoms with Crippen LogP contribution in [0.15, 0.2) is 36.8 Å². The summed E-state index contributed by atoms with van der Waals surface area (Å²) in [5.41, 5.74) is 3.04. The van der Waals surface area contributed by atoms with Crippen molar-refractivity contribution in [2.75, 3.05) is 12.4 Å². The lowest BCUT2D eigenvalue weighted by Crippen LogP contribution is -2.06. The van der Waals surface area contributed by atoms with Crippen LogP contribution in [0.4, 0.5) is 5.82 Å². The molecule has 6 heteroatoms. The Hall–Kier alpha value is -2.63. The summed E-state index contributed by atoms with van der Waals surface area (Å²) in [7, 11) is 1.61. The topological polar surface area (TPSA) is 64.3 Å². The first-order chi connectivity index (χ1) is 9.76. The van der Waals surface area contributed by atoms with Crippen LogP contribution in [0.5, 0.6) is 5.88 Å². The molecule has 3 heterocycles. The predicted molar refractivity (Wildman–Crippen MR) is 75.8 cm³/mol. The van der Waals surface area contributed by atoms with Gasteiger partial charge in [-0.15, -0.1) is 0 Å². The number of anilines is 1. The molecule has 0 saturated heterocycles. The van der Waals surface area contributed by atoms with E-state index in [1.807, 2.05) is 31.2 Å². The summed E-state index contributed by atoms with van der Waals surface area (Å²) in [6, 6.07) is 7.86. The van der Waals surface area contributed by atoms with Gasteiger partial charge in [0.05, 0.1) is 7.11 Å². The summed E-state index contributed by atoms with van der Waals surface area (Å²) < 4.78 is 6.82. The molecular formula is C14H15N5O. The van der Waals surface area contributed by atoms with E-state index in [-0.39, 0.29) is 0 Å². The van der Waals surface area contributed by atoms with Crippen molar-refractivity contribution >= 4 is 11.5 Å². The SMILES string of the molecule is COc1ccc(CNc2cc(C)cc3ncnn23)cn1. The summed E-state index contributed by atoms with van der Waals surface area (Å²) >= 11 is 0. The molecule has 0 atom stereocenters. The number of methoxy groups -OCH3 is 1. The van der Waals surface area contributed by atoms with Crippen LogP contribution in [-0.2, 0) is 6.54 Å². The van der Waals surface area contributed by atoms with Crippen LogP contribution >= 0.6 is 0 Å². The standard InChI is InChI=1S/C14H15N5O/c1-10-5-12(19-13(6-10)17-9-18-19)15-7-11-3-4-14(20-2)16-8-11/h3-6,8-9,15H,7H2,1-2H3. The summed E-state index contributed by atoms with van der Waals surface area (Å²) in [6.45, 7) is 2.70. The third-order valence-electron chi connectivity index (χ3n) is 3.00. The average Bonchev–Trinajstić information content (AvgIpc) is 2.93. The molecule has 0 aromatic carbocycles. The lowest BCUT2D eigenvalue weighted by Gasteiger charge is -2.09. The maximum atomic E-state index is 5.04. The van der Waals surface area contributed by atoms with Crippen LogP contribution in [0.25, 0.3) is 5.65 Å². The van der Waals surface area contributed by atoms with E-state index < -0.39 is 0 Å². The molecule has 20 heavy (non-hydrogen) atoms. The number of aryl methyl sites for hydroxylation is 1. The third-order valence-corrected chi connectivity index (χ3v) is 3.00. The van der Waals surface area contributed by atoms with Crippen LogP contribution in [0.2, 0.25) is 0 Å². The zero-order chi connectivity index (χ0) is 13.9. The third kappa shape index (κ3) is 2.40. The molecule has 0 aliphatic carbocycles. The molecule has 0 fully saturated rings. The van der Waals surface area contributed by atoms with Crippen LogP contribution in [0, 0.1) is 6.92 Å². The Labute approximate surface area is 116 Å². The highest BCUT2D eigenvalue weighted by molar-refractivity contribution is 5.51. The quantitative estimate of drug-likeness (QED) is 0.785. The Balaban J connectivity index is 1.80. The van der Waals surface area contributed by atoms with Gasteiger partial charge in [-0.05, 0) is 30.2 Å². The van der Waals surface area contributed by atoms with E-state index >= 15 is 0 Å². The van der Waals surface area contributed by atoms with Crippen LogP contribution in [0.3, 0.4) is 0 Å². The molecule has 0 unspecified atom stereocenters. The molecule has 0 radical (unpaired) electrons. The Kier molecular flexibility index (Phi) is 3.20. The lowest BCUT2D eigenvalue weighted by atomic mass is 10.2. The average molecular weight is 269 g/mol. The molecule has 3 aromatic heterocycles. The minimum absolute atomic E-state index is 0.614. The monoisotopic (exact) mass is 269 g/mol. The van der Waals surface area contributed by atoms with Gasteiger partial charge in [-0.1, -0.05) is 6.07 Å². The maximum absolute atomic E-state index is 5.04. The first kappa shape index (κ1) is 12.4. The van der Waals surface area contributed by atoms with Gasteiger partial charge in [0.2, 0.25) is 5.88 Å². The Morgan fingerprint density at radius 1 is 1.25 bits per heavy atom. The molecular weight excluding hydrogens is 254 g/mol. The summed E-state index contributed by atoms with van der Waals surface area (Å²) in [5, 5.41) is 7.55. The fourth-order valence-corrected chi connectivity index (χ4v) is 2.01. The van der Waals surface area contributed by atoms with Gasteiger partial charge in [0.1, 0.15) is 12.1 Å². The highest BCUT2D eigenvalue weighted by atomic mass is 16.5. The molecule has 0 saturated carbocycles. The van der Waals surface area contributed by atoms with Crippen molar-refractivity contribution in [3.8, 4) is 5.88 Å². The smallest absolute Gasteiger partial charge is 0.212 e. The molecule has 3 aromatic rings. The van der Waals surface area contributed by atoms with Gasteiger partial charge in [0.25, 0.3) is 0 Å². The van der Waals surface area contributed by atoms with E-state index in [1.165, 1.54) is 0 Å². The van der Waals surface area contributed by atoms with Crippen molar-refractivity contribution in [2.45, 2.75) is 13.5 Å². The Bertz CT molecular complexity index is 720. The Morgan fingerprint density at radius 2 is 2.15 bits per heavy atom. The molecule has 6 nitrogen and oxygen atoms in total. The number of aromatic nitrogens is 4. The van der Waals surface area contributed by atoms with Crippen molar-refractivity contribution in [1.29, 1.82) is 0 Å². The van der Waals surface area contributed by atoms with Gasteiger partial charge in [-0.25, -0.2) is 9.97 Å². The Morgan fingerprint density at radius 3 is 2.90 bits per heavy atom. The second kappa shape index (κ2) is 5.16. The molecule has 3 rings (SSSR count). The van der Waals surface area contributed by atoms with Crippen LogP contribution in [-0.4, -0.2) is 26.7 Å².